The molecule has 1 atom stereocenters. The Labute approximate surface area is 134 Å². The van der Waals surface area contributed by atoms with Crippen LogP contribution in [0.25, 0.3) is 0 Å². The minimum absolute atomic E-state index is 0.0355. The number of nitrogens with one attached hydrogen (secondary N) is 1. The van der Waals surface area contributed by atoms with Crippen LogP contribution >= 0.6 is 0 Å². The van der Waals surface area contributed by atoms with Crippen LogP contribution in [0.5, 0.6) is 0 Å². The molecule has 7 heteroatoms. The first-order valence-electron chi connectivity index (χ1n) is 7.62. The molecule has 1 unspecified atom stereocenters. The van der Waals surface area contributed by atoms with Gasteiger partial charge in [-0.15, -0.1) is 0 Å². The van der Waals surface area contributed by atoms with Crippen molar-refractivity contribution in [3.8, 4) is 0 Å². The van der Waals surface area contributed by atoms with Crippen molar-refractivity contribution in [3.05, 3.63) is 35.4 Å². The number of carboxylic acids is 1. The topological polar surface area (TPSA) is 101 Å². The van der Waals surface area contributed by atoms with Crippen molar-refractivity contribution in [2.24, 2.45) is 11.3 Å². The second-order valence-corrected chi connectivity index (χ2v) is 8.79. The molecule has 23 heavy (non-hydrogen) atoms. The fourth-order valence-corrected chi connectivity index (χ4v) is 4.93. The van der Waals surface area contributed by atoms with Crippen molar-refractivity contribution in [2.45, 2.75) is 25.8 Å². The van der Waals surface area contributed by atoms with Gasteiger partial charge < -0.3 is 10.4 Å². The molecule has 0 bridgehead atoms. The lowest BCUT2D eigenvalue weighted by Gasteiger charge is -2.22. The zero-order valence-corrected chi connectivity index (χ0v) is 13.4. The number of carbonyl (C=O) groups is 2. The molecule has 0 radical (unpaired) electrons. The van der Waals surface area contributed by atoms with Gasteiger partial charge in [0, 0.05) is 12.5 Å². The van der Waals surface area contributed by atoms with E-state index in [1.807, 2.05) is 0 Å². The normalized spacial score (nSPS) is 24.1. The van der Waals surface area contributed by atoms with E-state index < -0.39 is 15.8 Å². The summed E-state index contributed by atoms with van der Waals surface area (Å²) in [5, 5.41) is 11.7. The molecular formula is C16H19NO5S. The highest BCUT2D eigenvalue weighted by Gasteiger charge is 2.59. The third-order valence-electron chi connectivity index (χ3n) is 5.00. The van der Waals surface area contributed by atoms with Gasteiger partial charge in [0.05, 0.1) is 17.1 Å². The van der Waals surface area contributed by atoms with Crippen LogP contribution in [0.1, 0.15) is 35.2 Å². The molecule has 124 valence electrons. The molecule has 2 aliphatic rings. The summed E-state index contributed by atoms with van der Waals surface area (Å²) in [7, 11) is -2.91. The number of carboxylic acid groups (broad SMARTS) is 1. The van der Waals surface area contributed by atoms with Crippen LogP contribution in [-0.4, -0.2) is 36.9 Å². The van der Waals surface area contributed by atoms with Gasteiger partial charge in [0.2, 0.25) is 5.91 Å². The van der Waals surface area contributed by atoms with E-state index in [1.54, 1.807) is 12.1 Å². The van der Waals surface area contributed by atoms with Crippen molar-refractivity contribution in [1.82, 2.24) is 5.32 Å². The third kappa shape index (κ3) is 3.39. The zero-order chi connectivity index (χ0) is 16.7. The Balaban J connectivity index is 1.52. The second-order valence-electron chi connectivity index (χ2n) is 6.49. The molecule has 1 aromatic carbocycles. The number of hydrogen-bond donors (Lipinski definition) is 2. The lowest BCUT2D eigenvalue weighted by molar-refractivity contribution is -0.123. The summed E-state index contributed by atoms with van der Waals surface area (Å²) in [4.78, 5) is 23.0. The Bertz CT molecular complexity index is 724. The summed E-state index contributed by atoms with van der Waals surface area (Å²) >= 11 is 0. The van der Waals surface area contributed by atoms with Crippen LogP contribution in [0.15, 0.2) is 24.3 Å². The Kier molecular flexibility index (Phi) is 3.91. The number of sulfone groups is 1. The predicted molar refractivity (Wildman–Crippen MR) is 83.7 cm³/mol. The monoisotopic (exact) mass is 337 g/mol. The highest BCUT2D eigenvalue weighted by Crippen LogP contribution is 2.59. The summed E-state index contributed by atoms with van der Waals surface area (Å²) in [6.45, 7) is 0.351. The maximum atomic E-state index is 12.2. The van der Waals surface area contributed by atoms with Crippen molar-refractivity contribution in [2.75, 3.05) is 11.5 Å². The summed E-state index contributed by atoms with van der Waals surface area (Å²) < 4.78 is 23.0. The molecule has 1 aliphatic carbocycles. The van der Waals surface area contributed by atoms with Crippen molar-refractivity contribution in [3.63, 3.8) is 0 Å². The van der Waals surface area contributed by atoms with E-state index in [0.29, 0.717) is 19.4 Å². The van der Waals surface area contributed by atoms with Gasteiger partial charge in [-0.1, -0.05) is 12.1 Å². The van der Waals surface area contributed by atoms with Crippen molar-refractivity contribution in [1.29, 1.82) is 0 Å². The van der Waals surface area contributed by atoms with Crippen LogP contribution in [-0.2, 0) is 21.2 Å². The van der Waals surface area contributed by atoms with E-state index in [1.165, 1.54) is 12.1 Å². The molecule has 1 saturated carbocycles. The maximum Gasteiger partial charge on any atom is 0.335 e. The highest BCUT2D eigenvalue weighted by atomic mass is 32.2. The molecular weight excluding hydrogens is 318 g/mol. The lowest BCUT2D eigenvalue weighted by atomic mass is 9.96. The first kappa shape index (κ1) is 16.0. The van der Waals surface area contributed by atoms with Crippen LogP contribution in [0.2, 0.25) is 0 Å². The minimum Gasteiger partial charge on any atom is -0.478 e. The summed E-state index contributed by atoms with van der Waals surface area (Å²) in [6, 6.07) is 6.38. The molecule has 1 aliphatic heterocycles. The summed E-state index contributed by atoms with van der Waals surface area (Å²) in [5.41, 5.74) is 0.941. The van der Waals surface area contributed by atoms with E-state index in [-0.39, 0.29) is 34.3 Å². The Morgan fingerprint density at radius 1 is 1.17 bits per heavy atom. The quantitative estimate of drug-likeness (QED) is 0.860. The Morgan fingerprint density at radius 2 is 1.78 bits per heavy atom. The molecule has 3 rings (SSSR count). The van der Waals surface area contributed by atoms with E-state index in [2.05, 4.69) is 5.32 Å². The fourth-order valence-electron chi connectivity index (χ4n) is 3.29. The molecule has 0 aromatic heterocycles. The van der Waals surface area contributed by atoms with E-state index in [9.17, 15) is 18.0 Å². The molecule has 6 nitrogen and oxygen atoms in total. The van der Waals surface area contributed by atoms with Gasteiger partial charge in [-0.05, 0) is 42.4 Å². The lowest BCUT2D eigenvalue weighted by Crippen LogP contribution is -2.31. The predicted octanol–water partition coefficient (Wildman–Crippen LogP) is 1.22. The van der Waals surface area contributed by atoms with Crippen LogP contribution < -0.4 is 5.32 Å². The third-order valence-corrected chi connectivity index (χ3v) is 6.65. The number of carbonyl (C=O) groups excluding carboxylic acids is 1. The highest BCUT2D eigenvalue weighted by molar-refractivity contribution is 7.91. The smallest absolute Gasteiger partial charge is 0.335 e. The number of benzene rings is 1. The van der Waals surface area contributed by atoms with Gasteiger partial charge >= 0.3 is 5.97 Å². The van der Waals surface area contributed by atoms with Gasteiger partial charge in [0.25, 0.3) is 0 Å². The molecule has 2 fully saturated rings. The van der Waals surface area contributed by atoms with E-state index in [0.717, 1.165) is 12.0 Å². The summed E-state index contributed by atoms with van der Waals surface area (Å²) in [6.07, 6.45) is 1.94. The maximum absolute atomic E-state index is 12.2. The molecule has 1 saturated heterocycles. The Hall–Kier alpha value is -1.89. The van der Waals surface area contributed by atoms with Crippen molar-refractivity contribution >= 4 is 21.7 Å². The molecule has 1 amide bonds. The number of hydrogen-bond acceptors (Lipinski definition) is 4. The Morgan fingerprint density at radius 3 is 2.35 bits per heavy atom. The first-order chi connectivity index (χ1) is 10.8. The minimum atomic E-state index is -2.91. The van der Waals surface area contributed by atoms with Crippen LogP contribution in [0, 0.1) is 11.3 Å². The van der Waals surface area contributed by atoms with Crippen LogP contribution in [0.3, 0.4) is 0 Å². The average molecular weight is 337 g/mol. The van der Waals surface area contributed by atoms with Crippen LogP contribution in [0.4, 0.5) is 0 Å². The standard InChI is InChI=1S/C16H19NO5S/c18-14(13-9-16(13)5-7-23(21,22)8-6-16)17-10-11-1-3-12(4-2-11)15(19)20/h1-4,13H,5-10H2,(H,17,18)(H,19,20). The first-order valence-corrected chi connectivity index (χ1v) is 9.44. The van der Waals surface area contributed by atoms with Gasteiger partial charge in [0.1, 0.15) is 9.84 Å². The van der Waals surface area contributed by atoms with E-state index >= 15 is 0 Å². The average Bonchev–Trinajstić information content (AvgIpc) is 3.23. The van der Waals surface area contributed by atoms with Gasteiger partial charge in [0.15, 0.2) is 0 Å². The summed E-state index contributed by atoms with van der Waals surface area (Å²) in [5.74, 6) is -0.725. The van der Waals surface area contributed by atoms with Gasteiger partial charge in [-0.25, -0.2) is 13.2 Å². The SMILES string of the molecule is O=C(O)c1ccc(CNC(=O)C2CC23CCS(=O)(=O)CC3)cc1. The molecule has 2 N–H and O–H groups in total. The number of rotatable bonds is 4. The fraction of sp³-hybridized carbons (Fsp3) is 0.500. The van der Waals surface area contributed by atoms with Gasteiger partial charge in [-0.2, -0.15) is 0 Å². The van der Waals surface area contributed by atoms with E-state index in [4.69, 9.17) is 5.11 Å². The largest absolute Gasteiger partial charge is 0.478 e. The number of aromatic carboxylic acids is 1. The molecule has 1 spiro atoms. The zero-order valence-electron chi connectivity index (χ0n) is 12.6. The number of amides is 1. The molecule has 1 aromatic rings. The van der Waals surface area contributed by atoms with Crippen molar-refractivity contribution < 1.29 is 23.1 Å². The van der Waals surface area contributed by atoms with Gasteiger partial charge in [-0.3, -0.25) is 4.79 Å². The second kappa shape index (κ2) is 5.63. The molecule has 1 heterocycles.